The minimum absolute atomic E-state index is 0.184. The van der Waals surface area contributed by atoms with E-state index in [4.69, 9.17) is 34.8 Å². The van der Waals surface area contributed by atoms with E-state index in [0.29, 0.717) is 12.1 Å². The average molecular weight is 658 g/mol. The minimum Gasteiger partial charge on any atom is -0.347 e. The third-order valence-corrected chi connectivity index (χ3v) is 6.53. The van der Waals surface area contributed by atoms with Gasteiger partial charge >= 0.3 is 18.5 Å². The Morgan fingerprint density at radius 3 is 1.95 bits per heavy atom. The van der Waals surface area contributed by atoms with Crippen LogP contribution in [0.3, 0.4) is 0 Å². The van der Waals surface area contributed by atoms with E-state index in [1.54, 1.807) is 5.32 Å². The Morgan fingerprint density at radius 1 is 0.902 bits per heavy atom. The molecule has 41 heavy (non-hydrogen) atoms. The molecule has 2 amide bonds. The smallest absolute Gasteiger partial charge is 0.347 e. The van der Waals surface area contributed by atoms with Crippen molar-refractivity contribution in [2.24, 2.45) is 0 Å². The summed E-state index contributed by atoms with van der Waals surface area (Å²) in [6, 6.07) is 3.95. The molecular formula is C25H20Cl3F9N2O2. The zero-order chi connectivity index (χ0) is 31.6. The standard InChI is InChI=1S/C25H20Cl3F9N2O2/c1-22(2,10-19(40)38-11-23(29,30)31)39-21(41)14-5-3-12(7-16(14)25(35,36)37)4-6-15(24(32,33)34)13-8-17(26)20(28)18(27)9-13/h3-9,15H,10-11H2,1-2H3,(H,38,40)(H,39,41)/b6-4+. The molecule has 0 bridgehead atoms. The molecule has 0 spiro atoms. The molecule has 0 fully saturated rings. The number of carbonyl (C=O) groups excluding carboxylic acids is 2. The van der Waals surface area contributed by atoms with Crippen LogP contribution in [-0.4, -0.2) is 36.3 Å². The predicted octanol–water partition coefficient (Wildman–Crippen LogP) is 8.60. The SMILES string of the molecule is CC(C)(CC(=O)NCC(F)(F)F)NC(=O)c1ccc(/C=C/C(c2cc(Cl)c(Cl)c(Cl)c2)C(F)(F)F)cc1C(F)(F)F. The van der Waals surface area contributed by atoms with Crippen molar-refractivity contribution in [1.82, 2.24) is 10.6 Å². The second-order valence-electron chi connectivity index (χ2n) is 9.39. The largest absolute Gasteiger partial charge is 0.417 e. The third-order valence-electron chi connectivity index (χ3n) is 5.33. The van der Waals surface area contributed by atoms with Crippen molar-refractivity contribution in [3.63, 3.8) is 0 Å². The highest BCUT2D eigenvalue weighted by Gasteiger charge is 2.40. The lowest BCUT2D eigenvalue weighted by molar-refractivity contribution is -0.139. The molecule has 2 aromatic carbocycles. The van der Waals surface area contributed by atoms with Crippen LogP contribution in [0.25, 0.3) is 6.08 Å². The quantitative estimate of drug-likeness (QED) is 0.221. The molecule has 0 radical (unpaired) electrons. The molecule has 0 aromatic heterocycles. The van der Waals surface area contributed by atoms with Crippen LogP contribution in [-0.2, 0) is 11.0 Å². The van der Waals surface area contributed by atoms with Gasteiger partial charge in [-0.25, -0.2) is 0 Å². The Kier molecular flexibility index (Phi) is 10.7. The van der Waals surface area contributed by atoms with Crippen molar-refractivity contribution < 1.29 is 49.1 Å². The number of rotatable bonds is 8. The molecule has 4 nitrogen and oxygen atoms in total. The number of halogens is 12. The first-order chi connectivity index (χ1) is 18.5. The molecule has 0 aliphatic heterocycles. The molecule has 2 rings (SSSR count). The van der Waals surface area contributed by atoms with Crippen molar-refractivity contribution in [3.8, 4) is 0 Å². The second-order valence-corrected chi connectivity index (χ2v) is 10.6. The Morgan fingerprint density at radius 2 is 1.46 bits per heavy atom. The van der Waals surface area contributed by atoms with Crippen LogP contribution in [0.15, 0.2) is 36.4 Å². The molecule has 0 saturated heterocycles. The molecule has 0 saturated carbocycles. The van der Waals surface area contributed by atoms with Crippen LogP contribution in [0.1, 0.15) is 53.2 Å². The fourth-order valence-electron chi connectivity index (χ4n) is 3.55. The molecule has 0 heterocycles. The summed E-state index contributed by atoms with van der Waals surface area (Å²) in [6.45, 7) is 0.764. The molecule has 16 heteroatoms. The molecule has 1 atom stereocenters. The second kappa shape index (κ2) is 12.7. The third kappa shape index (κ3) is 10.3. The lowest BCUT2D eigenvalue weighted by Crippen LogP contribution is -2.48. The predicted molar refractivity (Wildman–Crippen MR) is 136 cm³/mol. The van der Waals surface area contributed by atoms with E-state index in [1.807, 2.05) is 0 Å². The van der Waals surface area contributed by atoms with Crippen LogP contribution < -0.4 is 10.6 Å². The Balaban J connectivity index is 2.36. The summed E-state index contributed by atoms with van der Waals surface area (Å²) >= 11 is 17.4. The van der Waals surface area contributed by atoms with Gasteiger partial charge in [-0.05, 0) is 49.2 Å². The number of carbonyl (C=O) groups is 2. The number of nitrogens with one attached hydrogen (secondary N) is 2. The normalized spacial score (nSPS) is 13.8. The van der Waals surface area contributed by atoms with Crippen LogP contribution >= 0.6 is 34.8 Å². The van der Waals surface area contributed by atoms with Gasteiger partial charge in [-0.1, -0.05) is 53.0 Å². The average Bonchev–Trinajstić information content (AvgIpc) is 2.78. The molecule has 0 aliphatic rings. The van der Waals surface area contributed by atoms with Gasteiger partial charge in [0.05, 0.1) is 32.1 Å². The summed E-state index contributed by atoms with van der Waals surface area (Å²) in [6.07, 6.45) is -14.1. The van der Waals surface area contributed by atoms with Crippen molar-refractivity contribution in [3.05, 3.63) is 73.7 Å². The Labute approximate surface area is 242 Å². The van der Waals surface area contributed by atoms with Gasteiger partial charge in [0, 0.05) is 12.0 Å². The number of benzene rings is 2. The van der Waals surface area contributed by atoms with E-state index in [9.17, 15) is 49.1 Å². The molecule has 2 aromatic rings. The lowest BCUT2D eigenvalue weighted by atomic mass is 9.95. The van der Waals surface area contributed by atoms with Crippen molar-refractivity contribution >= 4 is 52.7 Å². The molecule has 2 N–H and O–H groups in total. The lowest BCUT2D eigenvalue weighted by Gasteiger charge is -2.26. The van der Waals surface area contributed by atoms with Crippen molar-refractivity contribution in [2.45, 2.75) is 50.3 Å². The van der Waals surface area contributed by atoms with Crippen LogP contribution in [0.4, 0.5) is 39.5 Å². The van der Waals surface area contributed by atoms with E-state index in [-0.39, 0.29) is 20.6 Å². The molecule has 226 valence electrons. The fraction of sp³-hybridized carbons (Fsp3) is 0.360. The van der Waals surface area contributed by atoms with Gasteiger partial charge < -0.3 is 10.6 Å². The van der Waals surface area contributed by atoms with E-state index >= 15 is 0 Å². The summed E-state index contributed by atoms with van der Waals surface area (Å²) in [7, 11) is 0. The maximum atomic E-state index is 13.8. The highest BCUT2D eigenvalue weighted by Crippen LogP contribution is 2.41. The molecule has 0 aliphatic carbocycles. The zero-order valence-electron chi connectivity index (χ0n) is 20.9. The van der Waals surface area contributed by atoms with E-state index in [1.165, 1.54) is 13.8 Å². The van der Waals surface area contributed by atoms with Crippen molar-refractivity contribution in [1.29, 1.82) is 0 Å². The van der Waals surface area contributed by atoms with Gasteiger partial charge in [-0.15, -0.1) is 0 Å². The Bertz CT molecular complexity index is 1300. The molecule has 1 unspecified atom stereocenters. The highest BCUT2D eigenvalue weighted by atomic mass is 35.5. The van der Waals surface area contributed by atoms with Crippen LogP contribution in [0.2, 0.25) is 15.1 Å². The Hall–Kier alpha value is -2.64. The van der Waals surface area contributed by atoms with Gasteiger partial charge in [0.1, 0.15) is 6.54 Å². The van der Waals surface area contributed by atoms with Crippen molar-refractivity contribution in [2.75, 3.05) is 6.54 Å². The van der Waals surface area contributed by atoms with Gasteiger partial charge in [0.15, 0.2) is 0 Å². The summed E-state index contributed by atoms with van der Waals surface area (Å²) in [5.74, 6) is -4.77. The van der Waals surface area contributed by atoms with Crippen LogP contribution in [0.5, 0.6) is 0 Å². The van der Waals surface area contributed by atoms with Gasteiger partial charge in [0.2, 0.25) is 5.91 Å². The fourth-order valence-corrected chi connectivity index (χ4v) is 4.16. The highest BCUT2D eigenvalue weighted by molar-refractivity contribution is 6.48. The van der Waals surface area contributed by atoms with Gasteiger partial charge in [0.25, 0.3) is 5.91 Å². The van der Waals surface area contributed by atoms with Gasteiger partial charge in [-0.2, -0.15) is 39.5 Å². The van der Waals surface area contributed by atoms with E-state index in [2.05, 4.69) is 5.32 Å². The maximum Gasteiger partial charge on any atom is 0.417 e. The summed E-state index contributed by atoms with van der Waals surface area (Å²) in [5.41, 5.74) is -4.78. The number of allylic oxidation sites excluding steroid dienone is 1. The monoisotopic (exact) mass is 656 g/mol. The van der Waals surface area contributed by atoms with E-state index < -0.39 is 71.5 Å². The first-order valence-electron chi connectivity index (χ1n) is 11.3. The summed E-state index contributed by atoms with van der Waals surface area (Å²) < 4.78 is 120. The number of hydrogen-bond acceptors (Lipinski definition) is 2. The van der Waals surface area contributed by atoms with Gasteiger partial charge in [-0.3, -0.25) is 9.59 Å². The summed E-state index contributed by atoms with van der Waals surface area (Å²) in [4.78, 5) is 24.5. The van der Waals surface area contributed by atoms with Crippen LogP contribution in [0, 0.1) is 0 Å². The topological polar surface area (TPSA) is 58.2 Å². The first-order valence-corrected chi connectivity index (χ1v) is 12.4. The number of hydrogen-bond donors (Lipinski definition) is 2. The number of amides is 2. The summed E-state index contributed by atoms with van der Waals surface area (Å²) in [5, 5.41) is 3.01. The first kappa shape index (κ1) is 34.6. The number of alkyl halides is 9. The minimum atomic E-state index is -5.13. The maximum absolute atomic E-state index is 13.8. The van der Waals surface area contributed by atoms with E-state index in [0.717, 1.165) is 30.3 Å². The molecular weight excluding hydrogens is 638 g/mol. The zero-order valence-corrected chi connectivity index (χ0v) is 23.2.